The molecule has 1 aromatic carbocycles. The third kappa shape index (κ3) is 4.55. The summed E-state index contributed by atoms with van der Waals surface area (Å²) in [6.07, 6.45) is 2.30. The average Bonchev–Trinajstić information content (AvgIpc) is 3.02. The van der Waals surface area contributed by atoms with Gasteiger partial charge in [-0.3, -0.25) is 0 Å². The van der Waals surface area contributed by atoms with Crippen molar-refractivity contribution in [2.24, 2.45) is 5.41 Å². The molecule has 130 valence electrons. The van der Waals surface area contributed by atoms with E-state index in [2.05, 4.69) is 20.8 Å². The molecule has 0 fully saturated rings. The molecule has 0 saturated heterocycles. The number of aromatic nitrogens is 3. The second kappa shape index (κ2) is 7.92. The lowest BCUT2D eigenvalue weighted by Gasteiger charge is -2.24. The molecule has 0 aliphatic rings. The van der Waals surface area contributed by atoms with Gasteiger partial charge in [0.15, 0.2) is 5.82 Å². The number of amides is 2. The molecular formula is C17H25N5O2. The van der Waals surface area contributed by atoms with E-state index in [-0.39, 0.29) is 18.1 Å². The standard InChI is InChI=1S/C17H25N5O2/c1-4-22-12-19-21-15(22)13-7-5-6-8-14(13)20-16(24)18-11-17(2,3)9-10-23/h5-8,12,23H,4,9-11H2,1-3H3,(H2,18,20,24). The van der Waals surface area contributed by atoms with Crippen molar-refractivity contribution in [3.05, 3.63) is 30.6 Å². The van der Waals surface area contributed by atoms with Crippen LogP contribution in [-0.4, -0.2) is 39.1 Å². The Hall–Kier alpha value is -2.41. The number of para-hydroxylation sites is 1. The minimum atomic E-state index is -0.281. The van der Waals surface area contributed by atoms with E-state index in [4.69, 9.17) is 5.11 Å². The first-order valence-corrected chi connectivity index (χ1v) is 8.10. The fourth-order valence-corrected chi connectivity index (χ4v) is 2.36. The fourth-order valence-electron chi connectivity index (χ4n) is 2.36. The molecule has 2 rings (SSSR count). The lowest BCUT2D eigenvalue weighted by molar-refractivity contribution is 0.204. The summed E-state index contributed by atoms with van der Waals surface area (Å²) in [6.45, 7) is 7.35. The summed E-state index contributed by atoms with van der Waals surface area (Å²) in [5.41, 5.74) is 1.34. The zero-order chi connectivity index (χ0) is 17.6. The molecule has 2 aromatic rings. The Morgan fingerprint density at radius 2 is 2.08 bits per heavy atom. The summed E-state index contributed by atoms with van der Waals surface area (Å²) in [6, 6.07) is 7.22. The van der Waals surface area contributed by atoms with Gasteiger partial charge in [-0.05, 0) is 30.9 Å². The normalized spacial score (nSPS) is 11.3. The maximum absolute atomic E-state index is 12.2. The van der Waals surface area contributed by atoms with Gasteiger partial charge in [0.1, 0.15) is 6.33 Å². The average molecular weight is 331 g/mol. The fraction of sp³-hybridized carbons (Fsp3) is 0.471. The van der Waals surface area contributed by atoms with Crippen LogP contribution in [0.1, 0.15) is 27.2 Å². The summed E-state index contributed by atoms with van der Waals surface area (Å²) in [5, 5.41) is 22.9. The van der Waals surface area contributed by atoms with Crippen LogP contribution in [0.15, 0.2) is 30.6 Å². The van der Waals surface area contributed by atoms with Crippen molar-refractivity contribution in [2.75, 3.05) is 18.5 Å². The van der Waals surface area contributed by atoms with Gasteiger partial charge < -0.3 is 20.3 Å². The third-order valence-corrected chi connectivity index (χ3v) is 3.89. The lowest BCUT2D eigenvalue weighted by atomic mass is 9.90. The van der Waals surface area contributed by atoms with Crippen LogP contribution in [0.5, 0.6) is 0 Å². The maximum Gasteiger partial charge on any atom is 0.319 e. The largest absolute Gasteiger partial charge is 0.396 e. The van der Waals surface area contributed by atoms with Crippen molar-refractivity contribution in [1.29, 1.82) is 0 Å². The number of aliphatic hydroxyl groups excluding tert-OH is 1. The highest BCUT2D eigenvalue weighted by Crippen LogP contribution is 2.26. The van der Waals surface area contributed by atoms with Crippen LogP contribution in [0.4, 0.5) is 10.5 Å². The molecule has 7 nitrogen and oxygen atoms in total. The van der Waals surface area contributed by atoms with Crippen LogP contribution in [-0.2, 0) is 6.54 Å². The van der Waals surface area contributed by atoms with Crippen LogP contribution in [0.2, 0.25) is 0 Å². The maximum atomic E-state index is 12.2. The number of carbonyl (C=O) groups excluding carboxylic acids is 1. The van der Waals surface area contributed by atoms with Crippen LogP contribution in [0.3, 0.4) is 0 Å². The zero-order valence-corrected chi connectivity index (χ0v) is 14.4. The van der Waals surface area contributed by atoms with Gasteiger partial charge in [-0.25, -0.2) is 4.79 Å². The topological polar surface area (TPSA) is 92.1 Å². The Morgan fingerprint density at radius 3 is 2.79 bits per heavy atom. The molecule has 1 heterocycles. The molecule has 3 N–H and O–H groups in total. The Balaban J connectivity index is 2.09. The van der Waals surface area contributed by atoms with E-state index in [1.54, 1.807) is 6.33 Å². The minimum Gasteiger partial charge on any atom is -0.396 e. The Labute approximate surface area is 142 Å². The number of benzene rings is 1. The molecule has 24 heavy (non-hydrogen) atoms. The predicted octanol–water partition coefficient (Wildman–Crippen LogP) is 2.50. The SMILES string of the molecule is CCn1cnnc1-c1ccccc1NC(=O)NCC(C)(C)CCO. The molecule has 0 radical (unpaired) electrons. The van der Waals surface area contributed by atoms with Gasteiger partial charge in [-0.2, -0.15) is 0 Å². The van der Waals surface area contributed by atoms with Gasteiger partial charge in [0.25, 0.3) is 0 Å². The molecule has 0 saturated carbocycles. The van der Waals surface area contributed by atoms with Gasteiger partial charge >= 0.3 is 6.03 Å². The third-order valence-electron chi connectivity index (χ3n) is 3.89. The summed E-state index contributed by atoms with van der Waals surface area (Å²) in [4.78, 5) is 12.2. The number of anilines is 1. The highest BCUT2D eigenvalue weighted by Gasteiger charge is 2.19. The number of hydrogen-bond donors (Lipinski definition) is 3. The van der Waals surface area contributed by atoms with Crippen molar-refractivity contribution in [2.45, 2.75) is 33.7 Å². The van der Waals surface area contributed by atoms with E-state index in [0.717, 1.165) is 12.1 Å². The van der Waals surface area contributed by atoms with E-state index in [1.165, 1.54) is 0 Å². The van der Waals surface area contributed by atoms with Gasteiger partial charge in [0.05, 0.1) is 5.69 Å². The number of aryl methyl sites for hydroxylation is 1. The highest BCUT2D eigenvalue weighted by molar-refractivity contribution is 5.93. The van der Waals surface area contributed by atoms with Gasteiger partial charge in [0.2, 0.25) is 0 Å². The second-order valence-electron chi connectivity index (χ2n) is 6.43. The zero-order valence-electron chi connectivity index (χ0n) is 14.4. The first-order chi connectivity index (χ1) is 11.5. The highest BCUT2D eigenvalue weighted by atomic mass is 16.3. The van der Waals surface area contributed by atoms with E-state index in [0.29, 0.717) is 24.5 Å². The minimum absolute atomic E-state index is 0.103. The van der Waals surface area contributed by atoms with Gasteiger partial charge in [-0.15, -0.1) is 10.2 Å². The van der Waals surface area contributed by atoms with E-state index in [9.17, 15) is 4.79 Å². The molecule has 0 unspecified atom stereocenters. The number of hydrogen-bond acceptors (Lipinski definition) is 4. The van der Waals surface area contributed by atoms with Gasteiger partial charge in [0, 0.05) is 25.3 Å². The molecule has 7 heteroatoms. The molecule has 0 bridgehead atoms. The van der Waals surface area contributed by atoms with Crippen LogP contribution >= 0.6 is 0 Å². The number of nitrogens with zero attached hydrogens (tertiary/aromatic N) is 3. The van der Waals surface area contributed by atoms with E-state index in [1.807, 2.05) is 49.6 Å². The predicted molar refractivity (Wildman–Crippen MR) is 93.6 cm³/mol. The first-order valence-electron chi connectivity index (χ1n) is 8.10. The van der Waals surface area contributed by atoms with Crippen molar-refractivity contribution < 1.29 is 9.90 Å². The molecule has 1 aromatic heterocycles. The van der Waals surface area contributed by atoms with Crippen LogP contribution in [0.25, 0.3) is 11.4 Å². The Kier molecular flexibility index (Phi) is 5.92. The number of nitrogens with one attached hydrogen (secondary N) is 2. The molecular weight excluding hydrogens is 306 g/mol. The van der Waals surface area contributed by atoms with Gasteiger partial charge in [-0.1, -0.05) is 26.0 Å². The van der Waals surface area contributed by atoms with Crippen molar-refractivity contribution in [3.63, 3.8) is 0 Å². The Bertz CT molecular complexity index is 681. The summed E-state index contributed by atoms with van der Waals surface area (Å²) < 4.78 is 1.92. The Morgan fingerprint density at radius 1 is 1.33 bits per heavy atom. The van der Waals surface area contributed by atoms with Crippen LogP contribution < -0.4 is 10.6 Å². The second-order valence-corrected chi connectivity index (χ2v) is 6.43. The first kappa shape index (κ1) is 17.9. The molecule has 2 amide bonds. The van der Waals surface area contributed by atoms with Crippen LogP contribution in [0, 0.1) is 5.41 Å². The van der Waals surface area contributed by atoms with E-state index < -0.39 is 0 Å². The summed E-state index contributed by atoms with van der Waals surface area (Å²) in [7, 11) is 0. The lowest BCUT2D eigenvalue weighted by Crippen LogP contribution is -2.37. The smallest absolute Gasteiger partial charge is 0.319 e. The number of carbonyl (C=O) groups is 1. The number of aliphatic hydroxyl groups is 1. The monoisotopic (exact) mass is 331 g/mol. The quantitative estimate of drug-likeness (QED) is 0.727. The number of rotatable bonds is 7. The van der Waals surface area contributed by atoms with Crippen molar-refractivity contribution >= 4 is 11.7 Å². The molecule has 0 spiro atoms. The van der Waals surface area contributed by atoms with Crippen molar-refractivity contribution in [1.82, 2.24) is 20.1 Å². The van der Waals surface area contributed by atoms with E-state index >= 15 is 0 Å². The summed E-state index contributed by atoms with van der Waals surface area (Å²) >= 11 is 0. The molecule has 0 atom stereocenters. The summed E-state index contributed by atoms with van der Waals surface area (Å²) in [5.74, 6) is 0.717. The van der Waals surface area contributed by atoms with Crippen molar-refractivity contribution in [3.8, 4) is 11.4 Å². The number of urea groups is 1. The molecule has 0 aliphatic heterocycles. The molecule has 0 aliphatic carbocycles.